The number of alkyl halides is 3. The van der Waals surface area contributed by atoms with E-state index >= 15 is 0 Å². The summed E-state index contributed by atoms with van der Waals surface area (Å²) in [7, 11) is 1.72. The first kappa shape index (κ1) is 13.5. The Balaban J connectivity index is 2.44. The van der Waals surface area contributed by atoms with Crippen LogP contribution in [0.5, 0.6) is 0 Å². The van der Waals surface area contributed by atoms with Gasteiger partial charge in [0.05, 0.1) is 0 Å². The molecule has 0 amide bonds. The summed E-state index contributed by atoms with van der Waals surface area (Å²) in [5.74, 6) is 1.73. The first-order chi connectivity index (χ1) is 7.90. The molecule has 0 aliphatic rings. The van der Waals surface area contributed by atoms with E-state index in [0.717, 1.165) is 0 Å². The summed E-state index contributed by atoms with van der Waals surface area (Å²) >= 11 is 0. The van der Waals surface area contributed by atoms with Crippen molar-refractivity contribution in [1.82, 2.24) is 9.97 Å². The topological polar surface area (TPSA) is 49.8 Å². The Morgan fingerprint density at radius 1 is 1.24 bits per heavy atom. The summed E-state index contributed by atoms with van der Waals surface area (Å²) in [6.45, 7) is 1.96. The van der Waals surface area contributed by atoms with Crippen molar-refractivity contribution in [1.29, 1.82) is 0 Å². The molecule has 17 heavy (non-hydrogen) atoms. The van der Waals surface area contributed by atoms with Crippen LogP contribution in [-0.4, -0.2) is 29.7 Å². The number of anilines is 2. The summed E-state index contributed by atoms with van der Waals surface area (Å²) in [6.07, 6.45) is -4.86. The second-order valence-corrected chi connectivity index (χ2v) is 3.58. The molecule has 0 aliphatic carbocycles. The summed E-state index contributed by atoms with van der Waals surface area (Å²) in [4.78, 5) is 8.15. The number of nitrogens with one attached hydrogen (secondary N) is 2. The molecule has 0 unspecified atom stereocenters. The van der Waals surface area contributed by atoms with E-state index in [2.05, 4.69) is 20.6 Å². The molecule has 0 saturated heterocycles. The van der Waals surface area contributed by atoms with Crippen molar-refractivity contribution in [3.05, 3.63) is 11.9 Å². The second-order valence-electron chi connectivity index (χ2n) is 3.58. The van der Waals surface area contributed by atoms with Crippen molar-refractivity contribution < 1.29 is 13.2 Å². The highest BCUT2D eigenvalue weighted by Crippen LogP contribution is 2.21. The molecule has 0 atom stereocenters. The zero-order valence-corrected chi connectivity index (χ0v) is 9.73. The van der Waals surface area contributed by atoms with Gasteiger partial charge in [-0.1, -0.05) is 0 Å². The van der Waals surface area contributed by atoms with Gasteiger partial charge in [0.25, 0.3) is 0 Å². The Kier molecular flexibility index (Phi) is 4.53. The minimum Gasteiger partial charge on any atom is -0.373 e. The lowest BCUT2D eigenvalue weighted by Gasteiger charge is -2.09. The number of halogens is 3. The molecule has 4 nitrogen and oxygen atoms in total. The van der Waals surface area contributed by atoms with Crippen LogP contribution in [-0.2, 0) is 0 Å². The van der Waals surface area contributed by atoms with Crippen LogP contribution in [0, 0.1) is 6.92 Å². The van der Waals surface area contributed by atoms with Crippen LogP contribution >= 0.6 is 0 Å². The van der Waals surface area contributed by atoms with E-state index in [0.29, 0.717) is 17.5 Å². The van der Waals surface area contributed by atoms with Crippen LogP contribution in [0.4, 0.5) is 24.8 Å². The molecule has 1 aromatic rings. The van der Waals surface area contributed by atoms with E-state index in [9.17, 15) is 13.2 Å². The quantitative estimate of drug-likeness (QED) is 0.786. The first-order valence-electron chi connectivity index (χ1n) is 5.25. The molecule has 0 saturated carbocycles. The lowest BCUT2D eigenvalue weighted by Crippen LogP contribution is -2.12. The molecular weight excluding hydrogens is 233 g/mol. The minimum absolute atomic E-state index is 0.0292. The number of aryl methyl sites for hydroxylation is 1. The molecule has 0 bridgehead atoms. The van der Waals surface area contributed by atoms with E-state index in [4.69, 9.17) is 0 Å². The van der Waals surface area contributed by atoms with Gasteiger partial charge in [-0.15, -0.1) is 0 Å². The molecule has 1 heterocycles. The average molecular weight is 248 g/mol. The lowest BCUT2D eigenvalue weighted by atomic mass is 10.3. The van der Waals surface area contributed by atoms with Crippen LogP contribution in [0.1, 0.15) is 18.7 Å². The largest absolute Gasteiger partial charge is 0.389 e. The minimum atomic E-state index is -4.10. The number of rotatable bonds is 5. The second kappa shape index (κ2) is 5.70. The highest BCUT2D eigenvalue weighted by Gasteiger charge is 2.25. The van der Waals surface area contributed by atoms with Gasteiger partial charge in [0.15, 0.2) is 0 Å². The summed E-state index contributed by atoms with van der Waals surface area (Å²) in [6, 6.07) is 1.65. The Hall–Kier alpha value is -1.53. The monoisotopic (exact) mass is 248 g/mol. The van der Waals surface area contributed by atoms with E-state index < -0.39 is 12.6 Å². The Bertz CT molecular complexity index is 365. The third-order valence-corrected chi connectivity index (χ3v) is 2.04. The molecular formula is C10H15F3N4. The van der Waals surface area contributed by atoms with E-state index in [-0.39, 0.29) is 13.0 Å². The fraction of sp³-hybridized carbons (Fsp3) is 0.600. The SMILES string of the molecule is CNc1cc(NCCCC(F)(F)F)nc(C)n1. The molecule has 96 valence electrons. The molecule has 0 radical (unpaired) electrons. The molecule has 0 aliphatic heterocycles. The molecule has 1 rings (SSSR count). The molecule has 7 heteroatoms. The van der Waals surface area contributed by atoms with Gasteiger partial charge in [-0.25, -0.2) is 9.97 Å². The summed E-state index contributed by atoms with van der Waals surface area (Å²) in [5, 5.41) is 5.69. The summed E-state index contributed by atoms with van der Waals surface area (Å²) in [5.41, 5.74) is 0. The third kappa shape index (κ3) is 5.37. The maximum Gasteiger partial charge on any atom is 0.389 e. The Morgan fingerprint density at radius 2 is 1.88 bits per heavy atom. The fourth-order valence-electron chi connectivity index (χ4n) is 1.29. The first-order valence-corrected chi connectivity index (χ1v) is 5.25. The number of hydrogen-bond acceptors (Lipinski definition) is 4. The molecule has 1 aromatic heterocycles. The van der Waals surface area contributed by atoms with Crippen molar-refractivity contribution in [3.8, 4) is 0 Å². The fourth-order valence-corrected chi connectivity index (χ4v) is 1.29. The van der Waals surface area contributed by atoms with Gasteiger partial charge in [0.1, 0.15) is 17.5 Å². The van der Waals surface area contributed by atoms with Crippen molar-refractivity contribution in [2.24, 2.45) is 0 Å². The predicted molar refractivity (Wildman–Crippen MR) is 60.1 cm³/mol. The molecule has 0 fully saturated rings. The van der Waals surface area contributed by atoms with Gasteiger partial charge in [-0.3, -0.25) is 0 Å². The number of hydrogen-bond donors (Lipinski definition) is 2. The predicted octanol–water partition coefficient (Wildman–Crippen LogP) is 2.58. The average Bonchev–Trinajstić information content (AvgIpc) is 2.22. The zero-order chi connectivity index (χ0) is 12.9. The van der Waals surface area contributed by atoms with Crippen LogP contribution in [0.15, 0.2) is 6.07 Å². The van der Waals surface area contributed by atoms with Crippen LogP contribution < -0.4 is 10.6 Å². The standard InChI is InChI=1S/C10H15F3N4/c1-7-16-8(14-2)6-9(17-7)15-5-3-4-10(11,12)13/h6H,3-5H2,1-2H3,(H2,14,15,16,17). The maximum atomic E-state index is 11.9. The van der Waals surface area contributed by atoms with Crippen molar-refractivity contribution in [2.75, 3.05) is 24.2 Å². The van der Waals surface area contributed by atoms with Gasteiger partial charge < -0.3 is 10.6 Å². The zero-order valence-electron chi connectivity index (χ0n) is 9.73. The van der Waals surface area contributed by atoms with E-state index in [1.165, 1.54) is 0 Å². The van der Waals surface area contributed by atoms with Gasteiger partial charge >= 0.3 is 6.18 Å². The van der Waals surface area contributed by atoms with Crippen molar-refractivity contribution >= 4 is 11.6 Å². The van der Waals surface area contributed by atoms with Gasteiger partial charge in [0.2, 0.25) is 0 Å². The highest BCUT2D eigenvalue weighted by molar-refractivity contribution is 5.46. The van der Waals surface area contributed by atoms with Crippen LogP contribution in [0.3, 0.4) is 0 Å². The van der Waals surface area contributed by atoms with Crippen molar-refractivity contribution in [3.63, 3.8) is 0 Å². The van der Waals surface area contributed by atoms with Crippen molar-refractivity contribution in [2.45, 2.75) is 25.9 Å². The van der Waals surface area contributed by atoms with E-state index in [1.54, 1.807) is 20.0 Å². The van der Waals surface area contributed by atoms with Gasteiger partial charge in [0, 0.05) is 26.1 Å². The van der Waals surface area contributed by atoms with E-state index in [1.807, 2.05) is 0 Å². The maximum absolute atomic E-state index is 11.9. The molecule has 2 N–H and O–H groups in total. The number of aromatic nitrogens is 2. The summed E-state index contributed by atoms with van der Waals surface area (Å²) < 4.78 is 35.7. The number of nitrogens with zero attached hydrogens (tertiary/aromatic N) is 2. The lowest BCUT2D eigenvalue weighted by molar-refractivity contribution is -0.134. The Labute approximate surface area is 97.7 Å². The van der Waals surface area contributed by atoms with Crippen LogP contribution in [0.2, 0.25) is 0 Å². The normalized spacial score (nSPS) is 11.4. The molecule has 0 aromatic carbocycles. The highest BCUT2D eigenvalue weighted by atomic mass is 19.4. The van der Waals surface area contributed by atoms with Gasteiger partial charge in [-0.2, -0.15) is 13.2 Å². The smallest absolute Gasteiger partial charge is 0.373 e. The van der Waals surface area contributed by atoms with Gasteiger partial charge in [-0.05, 0) is 13.3 Å². The molecule has 0 spiro atoms. The third-order valence-electron chi connectivity index (χ3n) is 2.04. The van der Waals surface area contributed by atoms with Crippen LogP contribution in [0.25, 0.3) is 0 Å². The Morgan fingerprint density at radius 3 is 2.47 bits per heavy atom.